The van der Waals surface area contributed by atoms with E-state index in [1.807, 2.05) is 0 Å². The first kappa shape index (κ1) is 19.1. The molecule has 2 aromatic rings. The molecule has 0 aliphatic carbocycles. The average molecular weight is 427 g/mol. The molecule has 0 aliphatic rings. The van der Waals surface area contributed by atoms with Crippen molar-refractivity contribution in [3.63, 3.8) is 0 Å². The molecule has 132 valence electrons. The van der Waals surface area contributed by atoms with Gasteiger partial charge < -0.3 is 20.7 Å². The maximum atomic E-state index is 12.0. The zero-order valence-electron chi connectivity index (χ0n) is 13.4. The average Bonchev–Trinajstić information content (AvgIpc) is 2.61. The van der Waals surface area contributed by atoms with Crippen LogP contribution in [-0.2, 0) is 0 Å². The van der Waals surface area contributed by atoms with Gasteiger partial charge in [-0.25, -0.2) is 4.79 Å². The van der Waals surface area contributed by atoms with Crippen LogP contribution in [0, 0.1) is 0 Å². The summed E-state index contributed by atoms with van der Waals surface area (Å²) in [6.45, 7) is 0.578. The topological polar surface area (TPSA) is 79.5 Å². The van der Waals surface area contributed by atoms with Gasteiger partial charge in [0.25, 0.3) is 5.91 Å². The Labute approximate surface area is 159 Å². The van der Waals surface area contributed by atoms with Crippen LogP contribution in [0.1, 0.15) is 10.4 Å². The Morgan fingerprint density at radius 2 is 1.76 bits per heavy atom. The highest BCUT2D eigenvalue weighted by Crippen LogP contribution is 2.25. The SMILES string of the molecule is COc1ccc(C(=O)NCCNC(=O)Nc2ccc(Br)cc2Cl)cc1. The Morgan fingerprint density at radius 3 is 2.40 bits per heavy atom. The van der Waals surface area contributed by atoms with Crippen molar-refractivity contribution in [2.45, 2.75) is 0 Å². The minimum atomic E-state index is -0.400. The fourth-order valence-electron chi connectivity index (χ4n) is 1.95. The van der Waals surface area contributed by atoms with Crippen LogP contribution >= 0.6 is 27.5 Å². The smallest absolute Gasteiger partial charge is 0.319 e. The number of carbonyl (C=O) groups excluding carboxylic acids is 2. The van der Waals surface area contributed by atoms with E-state index in [4.69, 9.17) is 16.3 Å². The number of methoxy groups -OCH3 is 1. The highest BCUT2D eigenvalue weighted by atomic mass is 79.9. The summed E-state index contributed by atoms with van der Waals surface area (Å²) in [7, 11) is 1.56. The number of hydrogen-bond donors (Lipinski definition) is 3. The van der Waals surface area contributed by atoms with Crippen molar-refractivity contribution in [1.82, 2.24) is 10.6 Å². The molecule has 0 heterocycles. The summed E-state index contributed by atoms with van der Waals surface area (Å²) in [6.07, 6.45) is 0. The third kappa shape index (κ3) is 5.95. The summed E-state index contributed by atoms with van der Waals surface area (Å²) in [5.74, 6) is 0.460. The molecule has 8 heteroatoms. The molecule has 0 fully saturated rings. The van der Waals surface area contributed by atoms with Crippen LogP contribution in [0.4, 0.5) is 10.5 Å². The molecule has 3 amide bonds. The molecule has 0 bridgehead atoms. The van der Waals surface area contributed by atoms with E-state index in [0.717, 1.165) is 4.47 Å². The standard InChI is InChI=1S/C17H17BrClN3O3/c1-25-13-5-2-11(3-6-13)16(23)20-8-9-21-17(24)22-15-7-4-12(18)10-14(15)19/h2-7,10H,8-9H2,1H3,(H,20,23)(H2,21,22,24). The lowest BCUT2D eigenvalue weighted by molar-refractivity contribution is 0.0954. The molecular formula is C17H17BrClN3O3. The molecule has 0 atom stereocenters. The number of benzene rings is 2. The summed E-state index contributed by atoms with van der Waals surface area (Å²) in [4.78, 5) is 23.8. The van der Waals surface area contributed by atoms with E-state index >= 15 is 0 Å². The molecule has 0 radical (unpaired) electrons. The van der Waals surface area contributed by atoms with Crippen molar-refractivity contribution in [3.05, 3.63) is 57.5 Å². The van der Waals surface area contributed by atoms with Crippen molar-refractivity contribution in [2.75, 3.05) is 25.5 Å². The van der Waals surface area contributed by atoms with E-state index in [1.54, 1.807) is 49.6 Å². The van der Waals surface area contributed by atoms with Gasteiger partial charge in [0.15, 0.2) is 0 Å². The minimum Gasteiger partial charge on any atom is -0.497 e. The van der Waals surface area contributed by atoms with Crippen molar-refractivity contribution >= 4 is 45.2 Å². The normalized spacial score (nSPS) is 10.0. The van der Waals surface area contributed by atoms with Gasteiger partial charge in [-0.15, -0.1) is 0 Å². The largest absolute Gasteiger partial charge is 0.497 e. The Morgan fingerprint density at radius 1 is 1.08 bits per heavy atom. The van der Waals surface area contributed by atoms with Crippen molar-refractivity contribution in [1.29, 1.82) is 0 Å². The van der Waals surface area contributed by atoms with Crippen LogP contribution in [-0.4, -0.2) is 32.1 Å². The molecule has 0 aromatic heterocycles. The predicted octanol–water partition coefficient (Wildman–Crippen LogP) is 3.66. The summed E-state index contributed by atoms with van der Waals surface area (Å²) >= 11 is 9.32. The number of ether oxygens (including phenoxy) is 1. The van der Waals surface area contributed by atoms with Crippen molar-refractivity contribution in [3.8, 4) is 5.75 Å². The fourth-order valence-corrected chi connectivity index (χ4v) is 2.67. The van der Waals surface area contributed by atoms with Crippen LogP contribution in [0.15, 0.2) is 46.9 Å². The first-order valence-electron chi connectivity index (χ1n) is 7.42. The van der Waals surface area contributed by atoms with Crippen LogP contribution in [0.3, 0.4) is 0 Å². The second-order valence-electron chi connectivity index (χ2n) is 4.99. The van der Waals surface area contributed by atoms with Gasteiger partial charge in [0.05, 0.1) is 17.8 Å². The fraction of sp³-hybridized carbons (Fsp3) is 0.176. The molecular weight excluding hydrogens is 410 g/mol. The number of urea groups is 1. The molecule has 0 spiro atoms. The quantitative estimate of drug-likeness (QED) is 0.617. The van der Waals surface area contributed by atoms with Gasteiger partial charge in [0.1, 0.15) is 5.75 Å². The second kappa shape index (κ2) is 9.29. The van der Waals surface area contributed by atoms with Gasteiger partial charge in [-0.3, -0.25) is 4.79 Å². The van der Waals surface area contributed by atoms with E-state index in [-0.39, 0.29) is 12.5 Å². The van der Waals surface area contributed by atoms with Crippen LogP contribution in [0.25, 0.3) is 0 Å². The zero-order valence-corrected chi connectivity index (χ0v) is 15.8. The van der Waals surface area contributed by atoms with Crippen LogP contribution in [0.5, 0.6) is 5.75 Å². The first-order chi connectivity index (χ1) is 12.0. The first-order valence-corrected chi connectivity index (χ1v) is 8.59. The summed E-state index contributed by atoms with van der Waals surface area (Å²) in [5, 5.41) is 8.43. The lowest BCUT2D eigenvalue weighted by Gasteiger charge is -2.10. The molecule has 0 aliphatic heterocycles. The Balaban J connectivity index is 1.72. The third-order valence-corrected chi connectivity index (χ3v) is 4.03. The van der Waals surface area contributed by atoms with Gasteiger partial charge in [0, 0.05) is 23.1 Å². The van der Waals surface area contributed by atoms with Gasteiger partial charge in [0.2, 0.25) is 0 Å². The van der Waals surface area contributed by atoms with E-state index < -0.39 is 6.03 Å². The predicted molar refractivity (Wildman–Crippen MR) is 102 cm³/mol. The Hall–Kier alpha value is -2.25. The summed E-state index contributed by atoms with van der Waals surface area (Å²) in [6, 6.07) is 11.5. The Kier molecular flexibility index (Phi) is 7.09. The zero-order chi connectivity index (χ0) is 18.2. The van der Waals surface area contributed by atoms with E-state index in [2.05, 4.69) is 31.9 Å². The van der Waals surface area contributed by atoms with Crippen LogP contribution in [0.2, 0.25) is 5.02 Å². The van der Waals surface area contributed by atoms with Gasteiger partial charge >= 0.3 is 6.03 Å². The molecule has 25 heavy (non-hydrogen) atoms. The molecule has 0 saturated heterocycles. The lowest BCUT2D eigenvalue weighted by Crippen LogP contribution is -2.36. The van der Waals surface area contributed by atoms with Gasteiger partial charge in [-0.2, -0.15) is 0 Å². The molecule has 6 nitrogen and oxygen atoms in total. The number of hydrogen-bond acceptors (Lipinski definition) is 3. The molecule has 2 aromatic carbocycles. The van der Waals surface area contributed by atoms with Crippen molar-refractivity contribution < 1.29 is 14.3 Å². The molecule has 0 saturated carbocycles. The third-order valence-electron chi connectivity index (χ3n) is 3.23. The van der Waals surface area contributed by atoms with E-state index in [1.165, 1.54) is 0 Å². The number of carbonyl (C=O) groups is 2. The summed E-state index contributed by atoms with van der Waals surface area (Å²) < 4.78 is 5.86. The summed E-state index contributed by atoms with van der Waals surface area (Å²) in [5.41, 5.74) is 1.02. The second-order valence-corrected chi connectivity index (χ2v) is 6.31. The number of nitrogens with one attached hydrogen (secondary N) is 3. The maximum absolute atomic E-state index is 12.0. The van der Waals surface area contributed by atoms with E-state index in [0.29, 0.717) is 28.6 Å². The van der Waals surface area contributed by atoms with Gasteiger partial charge in [-0.1, -0.05) is 27.5 Å². The van der Waals surface area contributed by atoms with Gasteiger partial charge in [-0.05, 0) is 42.5 Å². The molecule has 2 rings (SSSR count). The molecule has 0 unspecified atom stereocenters. The monoisotopic (exact) mass is 425 g/mol. The minimum absolute atomic E-state index is 0.221. The highest BCUT2D eigenvalue weighted by molar-refractivity contribution is 9.10. The number of rotatable bonds is 6. The molecule has 3 N–H and O–H groups in total. The number of anilines is 1. The lowest BCUT2D eigenvalue weighted by atomic mass is 10.2. The Bertz CT molecular complexity index is 753. The van der Waals surface area contributed by atoms with E-state index in [9.17, 15) is 9.59 Å². The number of halogens is 2. The van der Waals surface area contributed by atoms with Crippen LogP contribution < -0.4 is 20.7 Å². The number of amides is 3. The van der Waals surface area contributed by atoms with Crippen molar-refractivity contribution in [2.24, 2.45) is 0 Å². The maximum Gasteiger partial charge on any atom is 0.319 e. The highest BCUT2D eigenvalue weighted by Gasteiger charge is 2.07.